The summed E-state index contributed by atoms with van der Waals surface area (Å²) in [6.07, 6.45) is 2.42. The summed E-state index contributed by atoms with van der Waals surface area (Å²) in [4.78, 5) is 6.70. The molecule has 2 aromatic rings. The molecule has 1 aliphatic heterocycles. The minimum Gasteiger partial charge on any atom is -0.493 e. The fourth-order valence-corrected chi connectivity index (χ4v) is 3.06. The van der Waals surface area contributed by atoms with Crippen LogP contribution in [0.1, 0.15) is 25.7 Å². The third kappa shape index (κ3) is 4.45. The lowest BCUT2D eigenvalue weighted by Gasteiger charge is -2.29. The number of halogens is 2. The number of alkyl halides is 2. The average molecular weight is 353 g/mol. The first-order valence-electron chi connectivity index (χ1n) is 8.23. The zero-order valence-corrected chi connectivity index (χ0v) is 14.2. The van der Waals surface area contributed by atoms with E-state index in [-0.39, 0.29) is 11.5 Å². The second-order valence-electron chi connectivity index (χ2n) is 6.24. The molecular formula is C17H21F2N3O3. The smallest absolute Gasteiger partial charge is 0.387 e. The van der Waals surface area contributed by atoms with Crippen LogP contribution < -0.4 is 9.47 Å². The number of hydrogen-bond acceptors (Lipinski definition) is 6. The molecule has 0 spiro atoms. The van der Waals surface area contributed by atoms with E-state index in [1.807, 2.05) is 0 Å². The van der Waals surface area contributed by atoms with E-state index in [1.165, 1.54) is 26.0 Å². The normalized spacial score (nSPS) is 18.5. The van der Waals surface area contributed by atoms with E-state index >= 15 is 0 Å². The molecule has 0 saturated carbocycles. The fourth-order valence-electron chi connectivity index (χ4n) is 3.06. The fraction of sp³-hybridized carbons (Fsp3) is 0.529. The second kappa shape index (κ2) is 7.77. The van der Waals surface area contributed by atoms with Crippen molar-refractivity contribution in [1.82, 2.24) is 15.0 Å². The molecule has 1 saturated heterocycles. The van der Waals surface area contributed by atoms with Gasteiger partial charge in [-0.25, -0.2) is 0 Å². The third-order valence-corrected chi connectivity index (χ3v) is 4.21. The zero-order valence-electron chi connectivity index (χ0n) is 14.2. The van der Waals surface area contributed by atoms with Crippen LogP contribution in [0.3, 0.4) is 0 Å². The molecular weight excluding hydrogens is 332 g/mol. The van der Waals surface area contributed by atoms with Crippen LogP contribution in [0.5, 0.6) is 11.5 Å². The Kier molecular flexibility index (Phi) is 5.47. The summed E-state index contributed by atoms with van der Waals surface area (Å²) < 4.78 is 39.6. The highest BCUT2D eigenvalue weighted by Crippen LogP contribution is 2.32. The number of nitrogens with zero attached hydrogens (tertiary/aromatic N) is 3. The number of hydrogen-bond donors (Lipinski definition) is 0. The lowest BCUT2D eigenvalue weighted by atomic mass is 10.0. The molecule has 0 bridgehead atoms. The van der Waals surface area contributed by atoms with E-state index in [0.717, 1.165) is 13.1 Å². The highest BCUT2D eigenvalue weighted by molar-refractivity contribution is 5.60. The number of rotatable bonds is 6. The Bertz CT molecular complexity index is 708. The van der Waals surface area contributed by atoms with Gasteiger partial charge in [-0.05, 0) is 43.5 Å². The molecule has 0 amide bonds. The van der Waals surface area contributed by atoms with E-state index < -0.39 is 6.61 Å². The summed E-state index contributed by atoms with van der Waals surface area (Å²) in [5.74, 6) is 1.75. The molecule has 0 radical (unpaired) electrons. The van der Waals surface area contributed by atoms with Gasteiger partial charge >= 0.3 is 6.61 Å². The molecule has 1 unspecified atom stereocenters. The van der Waals surface area contributed by atoms with Crippen molar-refractivity contribution in [1.29, 1.82) is 0 Å². The van der Waals surface area contributed by atoms with Crippen LogP contribution in [0, 0.1) is 5.92 Å². The highest BCUT2D eigenvalue weighted by Gasteiger charge is 2.20. The summed E-state index contributed by atoms with van der Waals surface area (Å²) in [5, 5.41) is 3.98. The Morgan fingerprint density at radius 3 is 2.92 bits per heavy atom. The number of likely N-dealkylation sites (tertiary alicyclic amines) is 1. The third-order valence-electron chi connectivity index (χ3n) is 4.21. The van der Waals surface area contributed by atoms with E-state index in [4.69, 9.17) is 9.26 Å². The van der Waals surface area contributed by atoms with Gasteiger partial charge in [-0.15, -0.1) is 0 Å². The van der Waals surface area contributed by atoms with Gasteiger partial charge in [-0.3, -0.25) is 4.90 Å². The van der Waals surface area contributed by atoms with Gasteiger partial charge in [0, 0.05) is 12.1 Å². The maximum Gasteiger partial charge on any atom is 0.387 e. The second-order valence-corrected chi connectivity index (χ2v) is 6.24. The van der Waals surface area contributed by atoms with E-state index in [0.29, 0.717) is 29.7 Å². The standard InChI is InChI=1S/C17H21F2N3O3/c1-11-4-3-7-22(9-11)10-15-20-16(21-25-15)12-5-6-13(24-17(18)19)14(8-12)23-2/h5-6,8,11,17H,3-4,7,9-10H2,1-2H3. The first-order chi connectivity index (χ1) is 12.0. The maximum absolute atomic E-state index is 12.4. The Labute approximate surface area is 144 Å². The van der Waals surface area contributed by atoms with Crippen molar-refractivity contribution in [2.24, 2.45) is 5.92 Å². The van der Waals surface area contributed by atoms with Crippen molar-refractivity contribution < 1.29 is 22.8 Å². The van der Waals surface area contributed by atoms with Crippen molar-refractivity contribution in [3.05, 3.63) is 24.1 Å². The lowest BCUT2D eigenvalue weighted by Crippen LogP contribution is -2.33. The molecule has 8 heteroatoms. The number of aromatic nitrogens is 2. The molecule has 1 atom stereocenters. The minimum absolute atomic E-state index is 0.0349. The highest BCUT2D eigenvalue weighted by atomic mass is 19.3. The van der Waals surface area contributed by atoms with Gasteiger partial charge in [0.05, 0.1) is 13.7 Å². The Hall–Kier alpha value is -2.22. The molecule has 25 heavy (non-hydrogen) atoms. The summed E-state index contributed by atoms with van der Waals surface area (Å²) >= 11 is 0. The Balaban J connectivity index is 1.73. The van der Waals surface area contributed by atoms with E-state index in [2.05, 4.69) is 26.7 Å². The van der Waals surface area contributed by atoms with Crippen LogP contribution in [-0.4, -0.2) is 41.9 Å². The van der Waals surface area contributed by atoms with Crippen LogP contribution in [-0.2, 0) is 6.54 Å². The van der Waals surface area contributed by atoms with Crippen LogP contribution >= 0.6 is 0 Å². The van der Waals surface area contributed by atoms with Gasteiger partial charge in [0.25, 0.3) is 0 Å². The number of piperidine rings is 1. The lowest BCUT2D eigenvalue weighted by molar-refractivity contribution is -0.0512. The molecule has 136 valence electrons. The van der Waals surface area contributed by atoms with Gasteiger partial charge < -0.3 is 14.0 Å². The first kappa shape index (κ1) is 17.6. The van der Waals surface area contributed by atoms with Gasteiger partial charge in [0.2, 0.25) is 11.7 Å². The van der Waals surface area contributed by atoms with Gasteiger partial charge in [0.15, 0.2) is 11.5 Å². The number of ether oxygens (including phenoxy) is 2. The van der Waals surface area contributed by atoms with Crippen molar-refractivity contribution in [2.45, 2.75) is 32.9 Å². The van der Waals surface area contributed by atoms with Crippen molar-refractivity contribution >= 4 is 0 Å². The quantitative estimate of drug-likeness (QED) is 0.791. The molecule has 1 aromatic heterocycles. The van der Waals surface area contributed by atoms with Crippen molar-refractivity contribution in [2.75, 3.05) is 20.2 Å². The van der Waals surface area contributed by atoms with Crippen LogP contribution in [0.15, 0.2) is 22.7 Å². The predicted molar refractivity (Wildman–Crippen MR) is 86.6 cm³/mol. The average Bonchev–Trinajstić information content (AvgIpc) is 3.03. The minimum atomic E-state index is -2.91. The maximum atomic E-state index is 12.4. The predicted octanol–water partition coefficient (Wildman–Crippen LogP) is 3.58. The molecule has 1 fully saturated rings. The largest absolute Gasteiger partial charge is 0.493 e. The Morgan fingerprint density at radius 1 is 1.36 bits per heavy atom. The summed E-state index contributed by atoms with van der Waals surface area (Å²) in [6.45, 7) is 1.98. The van der Waals surface area contributed by atoms with Crippen LogP contribution in [0.25, 0.3) is 11.4 Å². The molecule has 6 nitrogen and oxygen atoms in total. The SMILES string of the molecule is COc1cc(-c2noc(CN3CCCC(C)C3)n2)ccc1OC(F)F. The molecule has 1 aromatic carbocycles. The molecule has 0 N–H and O–H groups in total. The topological polar surface area (TPSA) is 60.6 Å². The van der Waals surface area contributed by atoms with Gasteiger partial charge in [0.1, 0.15) is 0 Å². The first-order valence-corrected chi connectivity index (χ1v) is 8.23. The monoisotopic (exact) mass is 353 g/mol. The summed E-state index contributed by atoms with van der Waals surface area (Å²) in [7, 11) is 1.39. The Morgan fingerprint density at radius 2 is 2.20 bits per heavy atom. The van der Waals surface area contributed by atoms with E-state index in [1.54, 1.807) is 12.1 Å². The van der Waals surface area contributed by atoms with E-state index in [9.17, 15) is 8.78 Å². The molecule has 1 aliphatic rings. The summed E-state index contributed by atoms with van der Waals surface area (Å²) in [6, 6.07) is 4.55. The van der Waals surface area contributed by atoms with Crippen molar-refractivity contribution in [3.8, 4) is 22.9 Å². The molecule has 0 aliphatic carbocycles. The molecule has 3 rings (SSSR count). The van der Waals surface area contributed by atoms with Gasteiger partial charge in [-0.1, -0.05) is 12.1 Å². The van der Waals surface area contributed by atoms with Gasteiger partial charge in [-0.2, -0.15) is 13.8 Å². The number of methoxy groups -OCH3 is 1. The number of benzene rings is 1. The zero-order chi connectivity index (χ0) is 17.8. The van der Waals surface area contributed by atoms with Crippen LogP contribution in [0.2, 0.25) is 0 Å². The molecule has 2 heterocycles. The van der Waals surface area contributed by atoms with Crippen molar-refractivity contribution in [3.63, 3.8) is 0 Å². The summed E-state index contributed by atoms with van der Waals surface area (Å²) in [5.41, 5.74) is 0.612. The van der Waals surface area contributed by atoms with Crippen LogP contribution in [0.4, 0.5) is 8.78 Å².